The largest absolute Gasteiger partial charge is 0.414 e. The standard InChI is InChI=1S/C30H45N5O3S2Si2/c1-29(2,3)41(7,8)36-17-20-19(38-42(9,10)30(4,5)6)16-24(37-20)35-18-32-26-25(33-28(31)34-27(26)35)23-14-13-22(40-23)21-12-11-15-39-21/h11-15,18-20,24H,16-17H2,1-10H3,(H2,31,33,34)/t19-,20+,24+/m0/s1. The number of thiophene rings is 2. The fourth-order valence-electron chi connectivity index (χ4n) is 4.54. The van der Waals surface area contributed by atoms with Gasteiger partial charge in [-0.2, -0.15) is 4.98 Å². The minimum absolute atomic E-state index is 0.0802. The minimum Gasteiger partial charge on any atom is -0.414 e. The van der Waals surface area contributed by atoms with Gasteiger partial charge in [-0.1, -0.05) is 47.6 Å². The van der Waals surface area contributed by atoms with Gasteiger partial charge in [-0.3, -0.25) is 4.57 Å². The van der Waals surface area contributed by atoms with E-state index < -0.39 is 16.6 Å². The van der Waals surface area contributed by atoms with E-state index in [1.807, 2.05) is 4.57 Å². The first-order chi connectivity index (χ1) is 19.5. The van der Waals surface area contributed by atoms with Gasteiger partial charge in [0.1, 0.15) is 23.5 Å². The summed E-state index contributed by atoms with van der Waals surface area (Å²) in [6, 6.07) is 8.41. The highest BCUT2D eigenvalue weighted by atomic mass is 32.1. The Morgan fingerprint density at radius 3 is 2.31 bits per heavy atom. The summed E-state index contributed by atoms with van der Waals surface area (Å²) in [6.07, 6.45) is 1.90. The summed E-state index contributed by atoms with van der Waals surface area (Å²) in [5.41, 5.74) is 8.41. The molecule has 2 N–H and O–H groups in total. The highest BCUT2D eigenvalue weighted by Crippen LogP contribution is 2.44. The molecular weight excluding hydrogens is 599 g/mol. The Bertz CT molecular complexity index is 1540. The Balaban J connectivity index is 1.46. The number of hydrogen-bond acceptors (Lipinski definition) is 9. The molecule has 0 amide bonds. The van der Waals surface area contributed by atoms with Crippen molar-refractivity contribution in [3.05, 3.63) is 36.0 Å². The first kappa shape index (κ1) is 31.5. The number of fused-ring (bicyclic) bond motifs is 1. The summed E-state index contributed by atoms with van der Waals surface area (Å²) >= 11 is 3.41. The molecule has 1 aliphatic heterocycles. The van der Waals surface area contributed by atoms with Gasteiger partial charge in [0, 0.05) is 16.2 Å². The van der Waals surface area contributed by atoms with Crippen LogP contribution in [-0.2, 0) is 13.6 Å². The lowest BCUT2D eigenvalue weighted by atomic mass is 10.2. The molecule has 1 aliphatic rings. The highest BCUT2D eigenvalue weighted by Gasteiger charge is 2.47. The van der Waals surface area contributed by atoms with Crippen LogP contribution in [0.5, 0.6) is 0 Å². The molecule has 0 aromatic carbocycles. The van der Waals surface area contributed by atoms with Gasteiger partial charge in [0.2, 0.25) is 5.95 Å². The molecule has 8 nitrogen and oxygen atoms in total. The summed E-state index contributed by atoms with van der Waals surface area (Å²) in [7, 11) is -4.04. The lowest BCUT2D eigenvalue weighted by Gasteiger charge is -2.40. The first-order valence-electron chi connectivity index (χ1n) is 14.6. The SMILES string of the molecule is CC(C)(C)[Si](C)(C)OC[C@H]1O[C@@H](n2cnc3c(-c4ccc(-c5cccs5)s4)nc(N)nc32)C[C@@H]1O[Si](C)(C)C(C)(C)C. The topological polar surface area (TPSA) is 97.3 Å². The summed E-state index contributed by atoms with van der Waals surface area (Å²) < 4.78 is 22.4. The zero-order chi connectivity index (χ0) is 30.7. The van der Waals surface area contributed by atoms with Crippen molar-refractivity contribution in [1.82, 2.24) is 19.5 Å². The van der Waals surface area contributed by atoms with Gasteiger partial charge in [0.25, 0.3) is 0 Å². The molecule has 0 saturated carbocycles. The van der Waals surface area contributed by atoms with Crippen LogP contribution in [0.1, 0.15) is 54.2 Å². The van der Waals surface area contributed by atoms with Gasteiger partial charge in [-0.15, -0.1) is 22.7 Å². The Morgan fingerprint density at radius 2 is 1.67 bits per heavy atom. The molecule has 0 aliphatic carbocycles. The molecule has 4 aromatic rings. The molecule has 5 heterocycles. The first-order valence-corrected chi connectivity index (χ1v) is 22.1. The molecular formula is C30H45N5O3S2Si2. The number of aromatic nitrogens is 4. The van der Waals surface area contributed by atoms with Crippen molar-refractivity contribution in [1.29, 1.82) is 0 Å². The molecule has 0 spiro atoms. The Labute approximate surface area is 259 Å². The molecule has 0 bridgehead atoms. The smallest absolute Gasteiger partial charge is 0.222 e. The van der Waals surface area contributed by atoms with Gasteiger partial charge in [-0.25, -0.2) is 9.97 Å². The molecule has 42 heavy (non-hydrogen) atoms. The predicted octanol–water partition coefficient (Wildman–Crippen LogP) is 8.57. The van der Waals surface area contributed by atoms with Crippen LogP contribution in [0.3, 0.4) is 0 Å². The van der Waals surface area contributed by atoms with E-state index in [-0.39, 0.29) is 34.5 Å². The van der Waals surface area contributed by atoms with Gasteiger partial charge in [0.05, 0.1) is 23.9 Å². The van der Waals surface area contributed by atoms with E-state index >= 15 is 0 Å². The predicted molar refractivity (Wildman–Crippen MR) is 180 cm³/mol. The van der Waals surface area contributed by atoms with E-state index in [0.29, 0.717) is 18.7 Å². The molecule has 3 atom stereocenters. The molecule has 5 rings (SSSR count). The quantitative estimate of drug-likeness (QED) is 0.192. The van der Waals surface area contributed by atoms with Crippen LogP contribution in [0.15, 0.2) is 36.0 Å². The van der Waals surface area contributed by atoms with Gasteiger partial charge in [-0.05, 0) is 59.8 Å². The van der Waals surface area contributed by atoms with Crippen molar-refractivity contribution in [3.8, 4) is 20.3 Å². The molecule has 0 unspecified atom stereocenters. The zero-order valence-electron chi connectivity index (χ0n) is 26.5. The van der Waals surface area contributed by atoms with Crippen LogP contribution in [0, 0.1) is 0 Å². The van der Waals surface area contributed by atoms with Crippen molar-refractivity contribution >= 4 is 56.4 Å². The number of anilines is 1. The van der Waals surface area contributed by atoms with Gasteiger partial charge >= 0.3 is 0 Å². The average molecular weight is 644 g/mol. The van der Waals surface area contributed by atoms with Gasteiger partial charge in [0.15, 0.2) is 22.3 Å². The summed E-state index contributed by atoms with van der Waals surface area (Å²) in [4.78, 5) is 17.5. The third kappa shape index (κ3) is 6.17. The number of nitrogens with two attached hydrogens (primary N) is 1. The van der Waals surface area contributed by atoms with E-state index in [4.69, 9.17) is 24.3 Å². The number of nitrogen functional groups attached to an aromatic ring is 1. The zero-order valence-corrected chi connectivity index (χ0v) is 30.2. The van der Waals surface area contributed by atoms with E-state index in [2.05, 4.69) is 107 Å². The van der Waals surface area contributed by atoms with Crippen LogP contribution in [-0.4, -0.2) is 55.0 Å². The third-order valence-electron chi connectivity index (χ3n) is 9.20. The van der Waals surface area contributed by atoms with E-state index in [1.165, 1.54) is 9.75 Å². The highest BCUT2D eigenvalue weighted by molar-refractivity contribution is 7.23. The van der Waals surface area contributed by atoms with Crippen LogP contribution in [0.25, 0.3) is 31.5 Å². The Kier molecular flexibility index (Phi) is 8.40. The summed E-state index contributed by atoms with van der Waals surface area (Å²) in [6.45, 7) is 23.2. The molecule has 4 aromatic heterocycles. The number of hydrogen-bond donors (Lipinski definition) is 1. The summed E-state index contributed by atoms with van der Waals surface area (Å²) in [5.74, 6) is 0.218. The fourth-order valence-corrected chi connectivity index (χ4v) is 8.74. The lowest BCUT2D eigenvalue weighted by Crippen LogP contribution is -2.48. The summed E-state index contributed by atoms with van der Waals surface area (Å²) in [5, 5.41) is 2.28. The van der Waals surface area contributed by atoms with Crippen molar-refractivity contribution in [2.75, 3.05) is 12.3 Å². The fraction of sp³-hybridized carbons (Fsp3) is 0.567. The molecule has 12 heteroatoms. The van der Waals surface area contributed by atoms with E-state index in [0.717, 1.165) is 16.1 Å². The minimum atomic E-state index is -2.07. The van der Waals surface area contributed by atoms with Crippen LogP contribution in [0.4, 0.5) is 5.95 Å². The Morgan fingerprint density at radius 1 is 0.976 bits per heavy atom. The normalized spacial score (nSPS) is 20.6. The molecule has 1 fully saturated rings. The third-order valence-corrected chi connectivity index (χ3v) is 20.4. The second-order valence-corrected chi connectivity index (χ2v) is 25.8. The number of rotatable bonds is 8. The van der Waals surface area contributed by atoms with Crippen LogP contribution in [0.2, 0.25) is 36.3 Å². The van der Waals surface area contributed by atoms with Crippen molar-refractivity contribution in [2.24, 2.45) is 0 Å². The average Bonchev–Trinajstić information content (AvgIpc) is 3.67. The maximum Gasteiger partial charge on any atom is 0.222 e. The second-order valence-electron chi connectivity index (χ2n) is 14.2. The Hall–Kier alpha value is -1.94. The maximum atomic E-state index is 6.98. The second kappa shape index (κ2) is 11.2. The number of imidazole rings is 1. The monoisotopic (exact) mass is 643 g/mol. The van der Waals surface area contributed by atoms with Crippen molar-refractivity contribution < 1.29 is 13.6 Å². The van der Waals surface area contributed by atoms with Gasteiger partial charge < -0.3 is 19.3 Å². The maximum absolute atomic E-state index is 6.98. The molecule has 228 valence electrons. The van der Waals surface area contributed by atoms with E-state index in [1.54, 1.807) is 29.0 Å². The molecule has 0 radical (unpaired) electrons. The lowest BCUT2D eigenvalue weighted by molar-refractivity contribution is -0.0383. The van der Waals surface area contributed by atoms with Crippen LogP contribution >= 0.6 is 22.7 Å². The molecule has 1 saturated heterocycles. The van der Waals surface area contributed by atoms with E-state index in [9.17, 15) is 0 Å². The van der Waals surface area contributed by atoms with Crippen molar-refractivity contribution in [3.63, 3.8) is 0 Å². The number of nitrogens with zero attached hydrogens (tertiary/aromatic N) is 4. The van der Waals surface area contributed by atoms with Crippen molar-refractivity contribution in [2.45, 2.75) is 103 Å². The van der Waals surface area contributed by atoms with Crippen LogP contribution < -0.4 is 5.73 Å². The number of ether oxygens (including phenoxy) is 1.